The first-order chi connectivity index (χ1) is 12.5. The topological polar surface area (TPSA) is 121 Å². The van der Waals surface area contributed by atoms with E-state index in [-0.39, 0.29) is 19.0 Å². The summed E-state index contributed by atoms with van der Waals surface area (Å²) in [6.07, 6.45) is 2.74. The van der Waals surface area contributed by atoms with Crippen LogP contribution in [0.4, 0.5) is 0 Å². The van der Waals surface area contributed by atoms with Crippen molar-refractivity contribution < 1.29 is 29.3 Å². The van der Waals surface area contributed by atoms with E-state index >= 15 is 0 Å². The molecule has 136 valence electrons. The number of hydrogen-bond acceptors (Lipinski definition) is 8. The fraction of sp³-hybridized carbons (Fsp3) is 0.176. The molecule has 0 amide bonds. The molecule has 2 rings (SSSR count). The summed E-state index contributed by atoms with van der Waals surface area (Å²) in [4.78, 5) is 30.3. The number of rotatable bonds is 8. The van der Waals surface area contributed by atoms with Crippen molar-refractivity contribution in [1.29, 1.82) is 0 Å². The number of benzene rings is 1. The van der Waals surface area contributed by atoms with E-state index in [1.807, 2.05) is 0 Å². The van der Waals surface area contributed by atoms with Crippen LogP contribution in [0.3, 0.4) is 0 Å². The van der Waals surface area contributed by atoms with Crippen molar-refractivity contribution in [3.63, 3.8) is 0 Å². The van der Waals surface area contributed by atoms with Gasteiger partial charge in [-0.1, -0.05) is 12.1 Å². The van der Waals surface area contributed by atoms with Gasteiger partial charge in [0.15, 0.2) is 11.5 Å². The predicted molar refractivity (Wildman–Crippen MR) is 89.5 cm³/mol. The van der Waals surface area contributed by atoms with Crippen LogP contribution in [0.25, 0.3) is 6.08 Å². The Kier molecular flexibility index (Phi) is 6.49. The maximum atomic E-state index is 11.8. The minimum atomic E-state index is -0.905. The zero-order valence-corrected chi connectivity index (χ0v) is 13.8. The molecular weight excluding hydrogens is 344 g/mol. The van der Waals surface area contributed by atoms with Crippen LogP contribution in [-0.4, -0.2) is 28.3 Å². The number of nitrogens with zero attached hydrogens (tertiary/aromatic N) is 2. The van der Waals surface area contributed by atoms with Gasteiger partial charge in [0.05, 0.1) is 18.5 Å². The molecule has 1 aromatic heterocycles. The maximum Gasteiger partial charge on any atom is 0.331 e. The highest BCUT2D eigenvalue weighted by Crippen LogP contribution is 2.26. The van der Waals surface area contributed by atoms with Gasteiger partial charge in [-0.05, 0) is 35.9 Å². The van der Waals surface area contributed by atoms with Gasteiger partial charge >= 0.3 is 5.97 Å². The summed E-state index contributed by atoms with van der Waals surface area (Å²) in [7, 11) is 1.43. The number of ether oxygens (including phenoxy) is 2. The van der Waals surface area contributed by atoms with Gasteiger partial charge in [0.2, 0.25) is 0 Å². The van der Waals surface area contributed by atoms with Crippen molar-refractivity contribution in [2.24, 2.45) is 0 Å². The van der Waals surface area contributed by atoms with E-state index in [0.29, 0.717) is 22.7 Å². The van der Waals surface area contributed by atoms with E-state index in [1.54, 1.807) is 30.3 Å². The van der Waals surface area contributed by atoms with Crippen LogP contribution in [0, 0.1) is 10.1 Å². The average Bonchev–Trinajstić information content (AvgIpc) is 2.64. The molecule has 0 bridgehead atoms. The lowest BCUT2D eigenvalue weighted by molar-refractivity contribution is -0.763. The number of carbonyl (C=O) groups is 1. The second-order valence-corrected chi connectivity index (χ2v) is 4.99. The Labute approximate surface area is 148 Å². The number of aromatic hydroxyl groups is 1. The normalized spacial score (nSPS) is 10.5. The predicted octanol–water partition coefficient (Wildman–Crippen LogP) is 2.26. The third-order valence-corrected chi connectivity index (χ3v) is 3.16. The molecule has 1 heterocycles. The van der Waals surface area contributed by atoms with Crippen LogP contribution < -0.4 is 4.74 Å². The van der Waals surface area contributed by atoms with Gasteiger partial charge in [0, 0.05) is 6.08 Å². The zero-order chi connectivity index (χ0) is 18.9. The molecule has 1 N–H and O–H groups in total. The Balaban J connectivity index is 1.90. The summed E-state index contributed by atoms with van der Waals surface area (Å²) in [5.41, 5.74) is 1.43. The first-order valence-corrected chi connectivity index (χ1v) is 7.42. The molecule has 0 spiro atoms. The third-order valence-electron chi connectivity index (χ3n) is 3.16. The van der Waals surface area contributed by atoms with Crippen LogP contribution in [0.15, 0.2) is 42.5 Å². The highest BCUT2D eigenvalue weighted by Gasteiger charge is 2.05. The molecule has 26 heavy (non-hydrogen) atoms. The molecule has 0 radical (unpaired) electrons. The minimum Gasteiger partial charge on any atom is -0.504 e. The molecule has 0 saturated heterocycles. The quantitative estimate of drug-likeness (QED) is 0.329. The lowest BCUT2D eigenvalue weighted by Gasteiger charge is -2.05. The first-order valence-electron chi connectivity index (χ1n) is 7.42. The molecule has 9 heteroatoms. The Bertz CT molecular complexity index is 821. The van der Waals surface area contributed by atoms with E-state index in [4.69, 9.17) is 9.47 Å². The van der Waals surface area contributed by atoms with Gasteiger partial charge in [-0.3, -0.25) is 4.98 Å². The number of hydrogen-bond donors (Lipinski definition) is 1. The van der Waals surface area contributed by atoms with E-state index < -0.39 is 11.1 Å². The lowest BCUT2D eigenvalue weighted by Crippen LogP contribution is -2.06. The molecule has 0 fully saturated rings. The largest absolute Gasteiger partial charge is 0.504 e. The van der Waals surface area contributed by atoms with Gasteiger partial charge in [-0.15, -0.1) is 10.1 Å². The number of carbonyl (C=O) groups excluding carboxylic acids is 1. The number of pyridine rings is 1. The van der Waals surface area contributed by atoms with Crippen molar-refractivity contribution in [2.75, 3.05) is 7.11 Å². The fourth-order valence-electron chi connectivity index (χ4n) is 1.96. The average molecular weight is 360 g/mol. The van der Waals surface area contributed by atoms with Crippen molar-refractivity contribution >= 4 is 12.0 Å². The number of phenolic OH excluding ortho intramolecular Hbond substituents is 1. The monoisotopic (exact) mass is 360 g/mol. The summed E-state index contributed by atoms with van der Waals surface area (Å²) >= 11 is 0. The molecule has 9 nitrogen and oxygen atoms in total. The van der Waals surface area contributed by atoms with Gasteiger partial charge in [0.1, 0.15) is 13.2 Å². The maximum absolute atomic E-state index is 11.8. The number of methoxy groups -OCH3 is 1. The van der Waals surface area contributed by atoms with Gasteiger partial charge in [0.25, 0.3) is 5.09 Å². The van der Waals surface area contributed by atoms with Crippen LogP contribution in [-0.2, 0) is 27.6 Å². The van der Waals surface area contributed by atoms with E-state index in [9.17, 15) is 20.0 Å². The molecule has 0 aliphatic carbocycles. The van der Waals surface area contributed by atoms with E-state index in [1.165, 1.54) is 25.3 Å². The Morgan fingerprint density at radius 1 is 1.27 bits per heavy atom. The van der Waals surface area contributed by atoms with Crippen LogP contribution in [0.1, 0.15) is 17.0 Å². The first kappa shape index (κ1) is 18.7. The fourth-order valence-corrected chi connectivity index (χ4v) is 1.96. The van der Waals surface area contributed by atoms with Crippen molar-refractivity contribution in [3.05, 3.63) is 69.5 Å². The van der Waals surface area contributed by atoms with Crippen LogP contribution in [0.2, 0.25) is 0 Å². The Morgan fingerprint density at radius 2 is 2.00 bits per heavy atom. The van der Waals surface area contributed by atoms with Gasteiger partial charge in [-0.25, -0.2) is 4.79 Å². The Morgan fingerprint density at radius 3 is 2.69 bits per heavy atom. The standard InChI is InChI=1S/C17H16N2O7/c1-24-16-9-12(5-7-15(16)20)6-8-17(21)25-10-13-3-2-4-14(18-13)11-26-19(22)23/h2-9,20H,10-11H2,1H3/b8-6+. The lowest BCUT2D eigenvalue weighted by atomic mass is 10.2. The summed E-state index contributed by atoms with van der Waals surface area (Å²) in [6, 6.07) is 9.45. The molecule has 0 aliphatic rings. The van der Waals surface area contributed by atoms with Crippen molar-refractivity contribution in [1.82, 2.24) is 4.98 Å². The Hall–Kier alpha value is -3.62. The summed E-state index contributed by atoms with van der Waals surface area (Å²) in [5.74, 6) is -0.302. The summed E-state index contributed by atoms with van der Waals surface area (Å²) in [5, 5.41) is 18.8. The van der Waals surface area contributed by atoms with Crippen LogP contribution in [0.5, 0.6) is 11.5 Å². The molecule has 0 atom stereocenters. The van der Waals surface area contributed by atoms with Gasteiger partial charge < -0.3 is 19.4 Å². The highest BCUT2D eigenvalue weighted by molar-refractivity contribution is 5.87. The number of aromatic nitrogens is 1. The molecule has 0 unspecified atom stereocenters. The molecule has 0 saturated carbocycles. The second kappa shape index (κ2) is 9.02. The van der Waals surface area contributed by atoms with Crippen molar-refractivity contribution in [2.45, 2.75) is 13.2 Å². The number of esters is 1. The van der Waals surface area contributed by atoms with E-state index in [0.717, 1.165) is 0 Å². The van der Waals surface area contributed by atoms with Crippen molar-refractivity contribution in [3.8, 4) is 11.5 Å². The second-order valence-electron chi connectivity index (χ2n) is 4.99. The molecule has 0 aliphatic heterocycles. The summed E-state index contributed by atoms with van der Waals surface area (Å²) < 4.78 is 10.1. The number of phenols is 1. The van der Waals surface area contributed by atoms with Gasteiger partial charge in [-0.2, -0.15) is 0 Å². The smallest absolute Gasteiger partial charge is 0.331 e. The SMILES string of the molecule is COc1cc(/C=C/C(=O)OCc2cccc(CO[N+](=O)[O-])n2)ccc1O. The zero-order valence-electron chi connectivity index (χ0n) is 13.8. The van der Waals surface area contributed by atoms with E-state index in [2.05, 4.69) is 9.82 Å². The molecular formula is C17H16N2O7. The van der Waals surface area contributed by atoms with Crippen LogP contribution >= 0.6 is 0 Å². The minimum absolute atomic E-state index is 0.000702. The summed E-state index contributed by atoms with van der Waals surface area (Å²) in [6.45, 7) is -0.369. The highest BCUT2D eigenvalue weighted by atomic mass is 16.9. The third kappa shape index (κ3) is 5.78. The molecule has 1 aromatic carbocycles. The molecule has 2 aromatic rings.